The molecule has 0 amide bonds. The van der Waals surface area contributed by atoms with E-state index in [0.717, 1.165) is 29.3 Å². The lowest BCUT2D eigenvalue weighted by molar-refractivity contribution is 0.600. The maximum absolute atomic E-state index is 11.3. The van der Waals surface area contributed by atoms with Crippen LogP contribution in [0.2, 0.25) is 0 Å². The molecule has 0 aliphatic carbocycles. The molecule has 1 unspecified atom stereocenters. The summed E-state index contributed by atoms with van der Waals surface area (Å²) in [5.74, 6) is 1.11. The Morgan fingerprint density at radius 2 is 2.12 bits per heavy atom. The van der Waals surface area contributed by atoms with E-state index < -0.39 is 10.0 Å². The topological polar surface area (TPSA) is 96.6 Å². The van der Waals surface area contributed by atoms with Gasteiger partial charge in [0.1, 0.15) is 4.21 Å². The third kappa shape index (κ3) is 5.59. The number of hydrogen-bond donors (Lipinski definition) is 3. The van der Waals surface area contributed by atoms with E-state index in [0.29, 0.717) is 18.4 Å². The summed E-state index contributed by atoms with van der Waals surface area (Å²) in [5, 5.41) is 13.7. The number of guanidine groups is 1. The highest BCUT2D eigenvalue weighted by Crippen LogP contribution is 2.21. The van der Waals surface area contributed by atoms with Crippen molar-refractivity contribution in [2.24, 2.45) is 10.1 Å². The van der Waals surface area contributed by atoms with Crippen LogP contribution >= 0.6 is 22.7 Å². The molecule has 132 valence electrons. The molecule has 6 nitrogen and oxygen atoms in total. The molecule has 0 fully saturated rings. The summed E-state index contributed by atoms with van der Waals surface area (Å²) >= 11 is 2.89. The van der Waals surface area contributed by atoms with Gasteiger partial charge in [-0.15, -0.1) is 22.7 Å². The van der Waals surface area contributed by atoms with Gasteiger partial charge in [0.15, 0.2) is 5.96 Å². The lowest BCUT2D eigenvalue weighted by Crippen LogP contribution is -2.38. The molecule has 0 aliphatic rings. The average Bonchev–Trinajstić information content (AvgIpc) is 3.20. The lowest BCUT2D eigenvalue weighted by atomic mass is 10.1. The number of rotatable bonds is 7. The van der Waals surface area contributed by atoms with Gasteiger partial charge in [-0.1, -0.05) is 13.0 Å². The molecule has 0 radical (unpaired) electrons. The zero-order valence-electron chi connectivity index (χ0n) is 13.7. The molecule has 0 aliphatic heterocycles. The van der Waals surface area contributed by atoms with Crippen LogP contribution in [0.25, 0.3) is 0 Å². The predicted octanol–water partition coefficient (Wildman–Crippen LogP) is 2.32. The van der Waals surface area contributed by atoms with Gasteiger partial charge in [0.25, 0.3) is 0 Å². The Hall–Kier alpha value is -1.42. The average molecular weight is 387 g/mol. The van der Waals surface area contributed by atoms with Crippen LogP contribution in [0.4, 0.5) is 0 Å². The third-order valence-electron chi connectivity index (χ3n) is 3.26. The fourth-order valence-corrected chi connectivity index (χ4v) is 4.51. The number of primary sulfonamides is 1. The summed E-state index contributed by atoms with van der Waals surface area (Å²) in [7, 11) is -3.64. The summed E-state index contributed by atoms with van der Waals surface area (Å²) in [6.45, 7) is 6.11. The van der Waals surface area contributed by atoms with E-state index in [2.05, 4.69) is 40.1 Å². The van der Waals surface area contributed by atoms with Gasteiger partial charge in [-0.05, 0) is 30.5 Å². The van der Waals surface area contributed by atoms with Crippen LogP contribution in [0.1, 0.15) is 29.5 Å². The monoisotopic (exact) mass is 386 g/mol. The number of sulfonamides is 1. The maximum Gasteiger partial charge on any atom is 0.247 e. The van der Waals surface area contributed by atoms with Crippen LogP contribution in [0.3, 0.4) is 0 Å². The second-order valence-electron chi connectivity index (χ2n) is 5.26. The number of thiophene rings is 2. The first-order valence-corrected chi connectivity index (χ1v) is 10.8. The minimum absolute atomic E-state index is 0.164. The normalized spacial score (nSPS) is 13.7. The van der Waals surface area contributed by atoms with Crippen LogP contribution < -0.4 is 15.8 Å². The quantitative estimate of drug-likeness (QED) is 0.502. The Labute approximate surface area is 150 Å². The molecule has 9 heteroatoms. The molecular formula is C15H22N4O2S3. The van der Waals surface area contributed by atoms with E-state index in [9.17, 15) is 8.42 Å². The Balaban J connectivity index is 1.96. The highest BCUT2D eigenvalue weighted by atomic mass is 32.2. The first kappa shape index (κ1) is 18.9. The number of aliphatic imine (C=N–C) groups is 1. The van der Waals surface area contributed by atoms with Crippen LogP contribution in [0, 0.1) is 0 Å². The SMILES string of the molecule is CCNC(=NCc1ccc(S(N)(=O)=O)s1)NCC(C)c1cccs1. The molecule has 0 saturated heterocycles. The molecule has 1 atom stereocenters. The molecule has 2 aromatic rings. The zero-order valence-corrected chi connectivity index (χ0v) is 16.1. The van der Waals surface area contributed by atoms with E-state index in [1.807, 2.05) is 6.92 Å². The molecule has 4 N–H and O–H groups in total. The minimum Gasteiger partial charge on any atom is -0.357 e. The van der Waals surface area contributed by atoms with Gasteiger partial charge in [0.2, 0.25) is 10.0 Å². The van der Waals surface area contributed by atoms with Crippen molar-refractivity contribution >= 4 is 38.7 Å². The van der Waals surface area contributed by atoms with Crippen molar-refractivity contribution in [1.82, 2.24) is 10.6 Å². The van der Waals surface area contributed by atoms with Gasteiger partial charge >= 0.3 is 0 Å². The largest absolute Gasteiger partial charge is 0.357 e. The number of nitrogens with zero attached hydrogens (tertiary/aromatic N) is 1. The van der Waals surface area contributed by atoms with Crippen molar-refractivity contribution in [2.75, 3.05) is 13.1 Å². The van der Waals surface area contributed by atoms with Gasteiger partial charge in [-0.3, -0.25) is 0 Å². The van der Waals surface area contributed by atoms with E-state index >= 15 is 0 Å². The van der Waals surface area contributed by atoms with Crippen LogP contribution in [0.15, 0.2) is 38.8 Å². The lowest BCUT2D eigenvalue weighted by Gasteiger charge is -2.14. The van der Waals surface area contributed by atoms with Crippen molar-refractivity contribution in [3.8, 4) is 0 Å². The van der Waals surface area contributed by atoms with Gasteiger partial charge in [-0.2, -0.15) is 0 Å². The van der Waals surface area contributed by atoms with Crippen molar-refractivity contribution in [3.05, 3.63) is 39.4 Å². The van der Waals surface area contributed by atoms with E-state index in [1.165, 1.54) is 10.9 Å². The standard InChI is InChI=1S/C15H22N4O2S3/c1-3-17-15(18-9-11(2)13-5-4-8-22-13)19-10-12-6-7-14(23-12)24(16,20)21/h4-8,11H,3,9-10H2,1-2H3,(H2,16,20,21)(H2,17,18,19). The van der Waals surface area contributed by atoms with Crippen LogP contribution in [-0.4, -0.2) is 27.5 Å². The molecule has 2 heterocycles. The summed E-state index contributed by atoms with van der Waals surface area (Å²) in [4.78, 5) is 6.68. The van der Waals surface area contributed by atoms with Gasteiger partial charge in [0, 0.05) is 28.8 Å². The smallest absolute Gasteiger partial charge is 0.247 e. The van der Waals surface area contributed by atoms with Gasteiger partial charge in [-0.25, -0.2) is 18.5 Å². The second-order valence-corrected chi connectivity index (χ2v) is 9.19. The molecule has 2 aromatic heterocycles. The molecule has 0 spiro atoms. The first-order valence-electron chi connectivity index (χ1n) is 7.57. The van der Waals surface area contributed by atoms with Crippen molar-refractivity contribution in [2.45, 2.75) is 30.5 Å². The minimum atomic E-state index is -3.64. The van der Waals surface area contributed by atoms with E-state index in [1.54, 1.807) is 17.4 Å². The summed E-state index contributed by atoms with van der Waals surface area (Å²) in [6, 6.07) is 7.44. The maximum atomic E-state index is 11.3. The first-order chi connectivity index (χ1) is 11.4. The zero-order chi connectivity index (χ0) is 17.6. The number of nitrogens with one attached hydrogen (secondary N) is 2. The Morgan fingerprint density at radius 3 is 2.71 bits per heavy atom. The Kier molecular flexibility index (Phi) is 6.79. The van der Waals surface area contributed by atoms with E-state index in [-0.39, 0.29) is 4.21 Å². The highest BCUT2D eigenvalue weighted by molar-refractivity contribution is 7.91. The van der Waals surface area contributed by atoms with Gasteiger partial charge in [0.05, 0.1) is 6.54 Å². The van der Waals surface area contributed by atoms with Crippen LogP contribution in [0.5, 0.6) is 0 Å². The third-order valence-corrected chi connectivity index (χ3v) is 6.87. The highest BCUT2D eigenvalue weighted by Gasteiger charge is 2.11. The summed E-state index contributed by atoms with van der Waals surface area (Å²) in [5.41, 5.74) is 0. The Bertz CT molecular complexity index is 767. The molecule has 0 aromatic carbocycles. The fourth-order valence-electron chi connectivity index (χ4n) is 2.02. The van der Waals surface area contributed by atoms with Crippen LogP contribution in [-0.2, 0) is 16.6 Å². The molecular weight excluding hydrogens is 364 g/mol. The molecule has 24 heavy (non-hydrogen) atoms. The second kappa shape index (κ2) is 8.61. The van der Waals surface area contributed by atoms with E-state index in [4.69, 9.17) is 5.14 Å². The van der Waals surface area contributed by atoms with Crippen molar-refractivity contribution in [3.63, 3.8) is 0 Å². The molecule has 0 saturated carbocycles. The predicted molar refractivity (Wildman–Crippen MR) is 101 cm³/mol. The van der Waals surface area contributed by atoms with Crippen molar-refractivity contribution in [1.29, 1.82) is 0 Å². The Morgan fingerprint density at radius 1 is 1.33 bits per heavy atom. The van der Waals surface area contributed by atoms with Gasteiger partial charge < -0.3 is 10.6 Å². The number of nitrogens with two attached hydrogens (primary N) is 1. The molecule has 0 bridgehead atoms. The number of hydrogen-bond acceptors (Lipinski definition) is 5. The summed E-state index contributed by atoms with van der Waals surface area (Å²) < 4.78 is 22.8. The summed E-state index contributed by atoms with van der Waals surface area (Å²) in [6.07, 6.45) is 0. The van der Waals surface area contributed by atoms with Crippen molar-refractivity contribution < 1.29 is 8.42 Å². The molecule has 2 rings (SSSR count). The fraction of sp³-hybridized carbons (Fsp3) is 0.400.